The van der Waals surface area contributed by atoms with Gasteiger partial charge in [-0.2, -0.15) is 0 Å². The number of carbonyl (C=O) groups is 3. The first kappa shape index (κ1) is 27.7. The van der Waals surface area contributed by atoms with Gasteiger partial charge < -0.3 is 19.9 Å². The summed E-state index contributed by atoms with van der Waals surface area (Å²) in [6.07, 6.45) is -1.09. The number of carbonyl (C=O) groups excluding carboxylic acids is 2. The largest absolute Gasteiger partial charge is 0.480 e. The Hall–Kier alpha value is -4.33. The smallest absolute Gasteiger partial charge is 0.410 e. The van der Waals surface area contributed by atoms with Gasteiger partial charge in [-0.25, -0.2) is 14.4 Å². The molecule has 2 N–H and O–H groups in total. The molecule has 204 valence electrons. The Balaban J connectivity index is 1.30. The molecule has 1 aliphatic rings. The molecular weight excluding hydrogens is 496 g/mol. The molecule has 8 nitrogen and oxygen atoms in total. The number of carboxylic acid groups (broad SMARTS) is 1. The van der Waals surface area contributed by atoms with E-state index in [-0.39, 0.29) is 25.5 Å². The Morgan fingerprint density at radius 1 is 0.897 bits per heavy atom. The fourth-order valence-electron chi connectivity index (χ4n) is 4.69. The standard InChI is InChI=1S/C31H34N2O6/c1-31(2,3)39-30(37)33(4)27(28(34)35)17-20-13-15-21(16-14-20)18-32-29(36)38-19-26-24-11-7-5-9-22(24)23-10-6-8-12-25(23)26/h5-16,26-27H,17-19H2,1-4H3,(H,32,36)(H,34,35)/t27-/m0/s1. The number of hydrogen-bond acceptors (Lipinski definition) is 5. The number of ether oxygens (including phenoxy) is 2. The SMILES string of the molecule is CN(C(=O)OC(C)(C)C)[C@@H](Cc1ccc(CNC(=O)OCC2c3ccccc3-c3ccccc32)cc1)C(=O)O. The van der Waals surface area contributed by atoms with Gasteiger partial charge in [0.25, 0.3) is 0 Å². The van der Waals surface area contributed by atoms with Crippen molar-refractivity contribution in [1.82, 2.24) is 10.2 Å². The number of alkyl carbamates (subject to hydrolysis) is 1. The van der Waals surface area contributed by atoms with Crippen molar-refractivity contribution in [3.8, 4) is 11.1 Å². The summed E-state index contributed by atoms with van der Waals surface area (Å²) < 4.78 is 10.9. The minimum absolute atomic E-state index is 0.0107. The molecule has 0 heterocycles. The summed E-state index contributed by atoms with van der Waals surface area (Å²) in [5, 5.41) is 12.5. The van der Waals surface area contributed by atoms with Gasteiger partial charge in [-0.05, 0) is 54.2 Å². The minimum atomic E-state index is -1.12. The van der Waals surface area contributed by atoms with E-state index in [1.165, 1.54) is 18.2 Å². The second kappa shape index (κ2) is 11.6. The average Bonchev–Trinajstić information content (AvgIpc) is 3.22. The summed E-state index contributed by atoms with van der Waals surface area (Å²) in [5.74, 6) is -1.13. The van der Waals surface area contributed by atoms with E-state index in [1.54, 1.807) is 32.9 Å². The van der Waals surface area contributed by atoms with E-state index in [4.69, 9.17) is 9.47 Å². The van der Waals surface area contributed by atoms with E-state index in [1.807, 2.05) is 36.4 Å². The molecule has 0 fully saturated rings. The minimum Gasteiger partial charge on any atom is -0.480 e. The van der Waals surface area contributed by atoms with Crippen molar-refractivity contribution in [2.45, 2.75) is 51.3 Å². The van der Waals surface area contributed by atoms with Crippen molar-refractivity contribution in [3.05, 3.63) is 95.1 Å². The van der Waals surface area contributed by atoms with E-state index in [2.05, 4.69) is 29.6 Å². The van der Waals surface area contributed by atoms with Crippen LogP contribution in [0.5, 0.6) is 0 Å². The predicted octanol–water partition coefficient (Wildman–Crippen LogP) is 5.59. The molecule has 1 atom stereocenters. The molecule has 0 spiro atoms. The van der Waals surface area contributed by atoms with Crippen LogP contribution in [0.4, 0.5) is 9.59 Å². The molecule has 4 rings (SSSR count). The third-order valence-corrected chi connectivity index (χ3v) is 6.67. The van der Waals surface area contributed by atoms with Crippen molar-refractivity contribution in [2.24, 2.45) is 0 Å². The molecule has 0 unspecified atom stereocenters. The Morgan fingerprint density at radius 3 is 1.97 bits per heavy atom. The summed E-state index contributed by atoms with van der Waals surface area (Å²) in [6, 6.07) is 22.5. The summed E-state index contributed by atoms with van der Waals surface area (Å²) in [4.78, 5) is 37.8. The van der Waals surface area contributed by atoms with E-state index in [0.717, 1.165) is 27.2 Å². The summed E-state index contributed by atoms with van der Waals surface area (Å²) >= 11 is 0. The van der Waals surface area contributed by atoms with Crippen LogP contribution in [0.3, 0.4) is 0 Å². The number of amides is 2. The van der Waals surface area contributed by atoms with Crippen molar-refractivity contribution in [2.75, 3.05) is 13.7 Å². The van der Waals surface area contributed by atoms with Gasteiger partial charge >= 0.3 is 18.2 Å². The fraction of sp³-hybridized carbons (Fsp3) is 0.323. The maximum atomic E-state index is 12.5. The Bertz CT molecular complexity index is 1300. The summed E-state index contributed by atoms with van der Waals surface area (Å²) in [6.45, 7) is 5.68. The lowest BCUT2D eigenvalue weighted by Gasteiger charge is -2.28. The molecule has 3 aromatic carbocycles. The van der Waals surface area contributed by atoms with Crippen molar-refractivity contribution >= 4 is 18.2 Å². The molecule has 8 heteroatoms. The summed E-state index contributed by atoms with van der Waals surface area (Å²) in [5.41, 5.74) is 5.49. The third kappa shape index (κ3) is 6.76. The van der Waals surface area contributed by atoms with E-state index >= 15 is 0 Å². The summed E-state index contributed by atoms with van der Waals surface area (Å²) in [7, 11) is 1.42. The lowest BCUT2D eigenvalue weighted by molar-refractivity contribution is -0.142. The Labute approximate surface area is 228 Å². The molecule has 1 aliphatic carbocycles. The zero-order valence-corrected chi connectivity index (χ0v) is 22.6. The first-order chi connectivity index (χ1) is 18.5. The number of hydrogen-bond donors (Lipinski definition) is 2. The highest BCUT2D eigenvalue weighted by atomic mass is 16.6. The van der Waals surface area contributed by atoms with Gasteiger partial charge in [0, 0.05) is 25.9 Å². The van der Waals surface area contributed by atoms with Crippen LogP contribution in [0, 0.1) is 0 Å². The van der Waals surface area contributed by atoms with E-state index < -0.39 is 29.8 Å². The fourth-order valence-corrected chi connectivity index (χ4v) is 4.69. The molecule has 39 heavy (non-hydrogen) atoms. The molecule has 0 radical (unpaired) electrons. The van der Waals surface area contributed by atoms with Crippen molar-refractivity contribution < 1.29 is 29.0 Å². The highest BCUT2D eigenvalue weighted by Crippen LogP contribution is 2.44. The quantitative estimate of drug-likeness (QED) is 0.394. The Morgan fingerprint density at radius 2 is 1.44 bits per heavy atom. The molecule has 0 saturated carbocycles. The van der Waals surface area contributed by atoms with Crippen molar-refractivity contribution in [1.29, 1.82) is 0 Å². The number of aliphatic carboxylic acids is 1. The monoisotopic (exact) mass is 530 g/mol. The second-order valence-electron chi connectivity index (χ2n) is 10.6. The number of likely N-dealkylation sites (N-methyl/N-ethyl adjacent to an activating group) is 1. The van der Waals surface area contributed by atoms with Crippen molar-refractivity contribution in [3.63, 3.8) is 0 Å². The maximum Gasteiger partial charge on any atom is 0.410 e. The molecular formula is C31H34N2O6. The zero-order chi connectivity index (χ0) is 28.2. The number of rotatable bonds is 8. The highest BCUT2D eigenvalue weighted by Gasteiger charge is 2.31. The molecule has 0 bridgehead atoms. The average molecular weight is 531 g/mol. The van der Waals surface area contributed by atoms with Gasteiger partial charge in [0.1, 0.15) is 18.2 Å². The van der Waals surface area contributed by atoms with Crippen LogP contribution < -0.4 is 5.32 Å². The number of nitrogens with one attached hydrogen (secondary N) is 1. The first-order valence-corrected chi connectivity index (χ1v) is 12.9. The van der Waals surface area contributed by atoms with Crippen LogP contribution in [-0.2, 0) is 27.2 Å². The van der Waals surface area contributed by atoms with E-state index in [0.29, 0.717) is 0 Å². The molecule has 0 aliphatic heterocycles. The van der Waals surface area contributed by atoms with Crippen LogP contribution in [-0.4, -0.2) is 53.5 Å². The molecule has 3 aromatic rings. The maximum absolute atomic E-state index is 12.5. The van der Waals surface area contributed by atoms with Gasteiger partial charge in [0.2, 0.25) is 0 Å². The molecule has 0 saturated heterocycles. The molecule has 0 aromatic heterocycles. The van der Waals surface area contributed by atoms with Gasteiger partial charge in [0.15, 0.2) is 0 Å². The number of benzene rings is 3. The normalized spacial score (nSPS) is 13.1. The van der Waals surface area contributed by atoms with Crippen LogP contribution in [0.15, 0.2) is 72.8 Å². The Kier molecular flexibility index (Phi) is 8.24. The lowest BCUT2D eigenvalue weighted by atomic mass is 9.98. The zero-order valence-electron chi connectivity index (χ0n) is 22.6. The van der Waals surface area contributed by atoms with Crippen LogP contribution in [0.1, 0.15) is 48.9 Å². The predicted molar refractivity (Wildman–Crippen MR) is 147 cm³/mol. The van der Waals surface area contributed by atoms with Gasteiger partial charge in [0.05, 0.1) is 0 Å². The number of nitrogens with zero attached hydrogens (tertiary/aromatic N) is 1. The topological polar surface area (TPSA) is 105 Å². The first-order valence-electron chi connectivity index (χ1n) is 12.9. The van der Waals surface area contributed by atoms with Gasteiger partial charge in [-0.3, -0.25) is 4.90 Å². The number of carboxylic acids is 1. The number of fused-ring (bicyclic) bond motifs is 3. The van der Waals surface area contributed by atoms with Crippen LogP contribution in [0.25, 0.3) is 11.1 Å². The second-order valence-corrected chi connectivity index (χ2v) is 10.6. The van der Waals surface area contributed by atoms with E-state index in [9.17, 15) is 19.5 Å². The van der Waals surface area contributed by atoms with Crippen LogP contribution >= 0.6 is 0 Å². The third-order valence-electron chi connectivity index (χ3n) is 6.67. The van der Waals surface area contributed by atoms with Crippen LogP contribution in [0.2, 0.25) is 0 Å². The highest BCUT2D eigenvalue weighted by molar-refractivity contribution is 5.80. The molecule has 2 amide bonds. The van der Waals surface area contributed by atoms with Gasteiger partial charge in [-0.1, -0.05) is 72.8 Å². The van der Waals surface area contributed by atoms with Gasteiger partial charge in [-0.15, -0.1) is 0 Å². The lowest BCUT2D eigenvalue weighted by Crippen LogP contribution is -2.46.